The van der Waals surface area contributed by atoms with E-state index in [1.165, 1.54) is 5.56 Å². The van der Waals surface area contributed by atoms with Crippen LogP contribution in [0.4, 0.5) is 0 Å². The molecule has 0 amide bonds. The monoisotopic (exact) mass is 296 g/mol. The maximum Gasteiger partial charge on any atom is 0.146 e. The molecular weight excluding hydrogens is 288 g/mol. The zero-order valence-corrected chi connectivity index (χ0v) is 10.8. The van der Waals surface area contributed by atoms with Gasteiger partial charge < -0.3 is 0 Å². The van der Waals surface area contributed by atoms with Crippen molar-refractivity contribution in [3.05, 3.63) is 58.6 Å². The Bertz CT molecular complexity index is 462. The molecule has 82 valence electrons. The number of alkyl halides is 1. The van der Waals surface area contributed by atoms with Crippen LogP contribution in [0, 0.1) is 0 Å². The van der Waals surface area contributed by atoms with E-state index in [-0.39, 0.29) is 5.38 Å². The molecule has 4 heteroatoms. The van der Waals surface area contributed by atoms with Crippen LogP contribution in [0.2, 0.25) is 0 Å². The van der Waals surface area contributed by atoms with Gasteiger partial charge in [0.15, 0.2) is 0 Å². The van der Waals surface area contributed by atoms with Gasteiger partial charge in [0.05, 0.1) is 5.38 Å². The molecule has 0 saturated carbocycles. The summed E-state index contributed by atoms with van der Waals surface area (Å²) < 4.78 is 1.06. The third-order valence-corrected chi connectivity index (χ3v) is 3.01. The van der Waals surface area contributed by atoms with Crippen LogP contribution in [-0.2, 0) is 6.42 Å². The quantitative estimate of drug-likeness (QED) is 0.806. The molecule has 2 aromatic rings. The van der Waals surface area contributed by atoms with Gasteiger partial charge >= 0.3 is 0 Å². The van der Waals surface area contributed by atoms with Gasteiger partial charge in [-0.3, -0.25) is 0 Å². The van der Waals surface area contributed by atoms with Gasteiger partial charge in [-0.2, -0.15) is 0 Å². The first-order valence-corrected chi connectivity index (χ1v) is 6.14. The van der Waals surface area contributed by atoms with E-state index >= 15 is 0 Å². The first-order chi connectivity index (χ1) is 7.75. The SMILES string of the molecule is ClC(Cc1cccc(Br)c1)c1ncccn1. The van der Waals surface area contributed by atoms with Gasteiger partial charge in [0.25, 0.3) is 0 Å². The summed E-state index contributed by atoms with van der Waals surface area (Å²) in [6, 6.07) is 9.87. The number of rotatable bonds is 3. The molecule has 0 aliphatic rings. The number of hydrogen-bond acceptors (Lipinski definition) is 2. The van der Waals surface area contributed by atoms with E-state index in [4.69, 9.17) is 11.6 Å². The first-order valence-electron chi connectivity index (χ1n) is 4.91. The third kappa shape index (κ3) is 3.03. The van der Waals surface area contributed by atoms with Gasteiger partial charge in [-0.1, -0.05) is 28.1 Å². The van der Waals surface area contributed by atoms with E-state index < -0.39 is 0 Å². The van der Waals surface area contributed by atoms with Crippen molar-refractivity contribution in [1.82, 2.24) is 9.97 Å². The Morgan fingerprint density at radius 3 is 2.62 bits per heavy atom. The lowest BCUT2D eigenvalue weighted by Crippen LogP contribution is -2.00. The minimum atomic E-state index is -0.185. The maximum absolute atomic E-state index is 6.25. The summed E-state index contributed by atoms with van der Waals surface area (Å²) in [6.07, 6.45) is 4.14. The molecule has 1 aromatic carbocycles. The molecule has 0 radical (unpaired) electrons. The van der Waals surface area contributed by atoms with Crippen LogP contribution in [-0.4, -0.2) is 9.97 Å². The molecule has 0 aliphatic heterocycles. The number of halogens is 2. The summed E-state index contributed by atoms with van der Waals surface area (Å²) in [5, 5.41) is -0.185. The Morgan fingerprint density at radius 1 is 1.19 bits per heavy atom. The Kier molecular flexibility index (Phi) is 3.91. The predicted octanol–water partition coefficient (Wildman–Crippen LogP) is 3.76. The molecule has 1 unspecified atom stereocenters. The zero-order valence-electron chi connectivity index (χ0n) is 8.48. The highest BCUT2D eigenvalue weighted by Gasteiger charge is 2.11. The van der Waals surface area contributed by atoms with Crippen molar-refractivity contribution in [2.45, 2.75) is 11.8 Å². The van der Waals surface area contributed by atoms with Crippen molar-refractivity contribution in [3.8, 4) is 0 Å². The van der Waals surface area contributed by atoms with Crippen LogP contribution in [0.3, 0.4) is 0 Å². The van der Waals surface area contributed by atoms with E-state index in [1.807, 2.05) is 18.2 Å². The van der Waals surface area contributed by atoms with Crippen molar-refractivity contribution in [1.29, 1.82) is 0 Å². The van der Waals surface area contributed by atoms with Crippen LogP contribution < -0.4 is 0 Å². The first kappa shape index (κ1) is 11.6. The van der Waals surface area contributed by atoms with Crippen molar-refractivity contribution >= 4 is 27.5 Å². The van der Waals surface area contributed by atoms with E-state index in [0.29, 0.717) is 5.82 Å². The average molecular weight is 298 g/mol. The minimum absolute atomic E-state index is 0.185. The molecule has 1 aromatic heterocycles. The lowest BCUT2D eigenvalue weighted by Gasteiger charge is -2.07. The van der Waals surface area contributed by atoms with Crippen molar-refractivity contribution in [2.24, 2.45) is 0 Å². The molecule has 2 rings (SSSR count). The second-order valence-electron chi connectivity index (χ2n) is 3.41. The molecular formula is C12H10BrClN2. The molecule has 0 spiro atoms. The summed E-state index contributed by atoms with van der Waals surface area (Å²) in [7, 11) is 0. The second kappa shape index (κ2) is 5.41. The van der Waals surface area contributed by atoms with Crippen LogP contribution in [0.25, 0.3) is 0 Å². The maximum atomic E-state index is 6.25. The summed E-state index contributed by atoms with van der Waals surface area (Å²) >= 11 is 9.69. The van der Waals surface area contributed by atoms with Gasteiger partial charge in [0.2, 0.25) is 0 Å². The summed E-state index contributed by atoms with van der Waals surface area (Å²) in [4.78, 5) is 8.28. The number of nitrogens with zero attached hydrogens (tertiary/aromatic N) is 2. The standard InChI is InChI=1S/C12H10BrClN2/c13-10-4-1-3-9(7-10)8-11(14)12-15-5-2-6-16-12/h1-7,11H,8H2. The van der Waals surface area contributed by atoms with Crippen LogP contribution in [0.15, 0.2) is 47.2 Å². The third-order valence-electron chi connectivity index (χ3n) is 2.17. The summed E-state index contributed by atoms with van der Waals surface area (Å²) in [6.45, 7) is 0. The highest BCUT2D eigenvalue weighted by atomic mass is 79.9. The van der Waals surface area contributed by atoms with Gasteiger partial charge in [0, 0.05) is 16.9 Å². The normalized spacial score (nSPS) is 12.4. The second-order valence-corrected chi connectivity index (χ2v) is 4.85. The lowest BCUT2D eigenvalue weighted by molar-refractivity contribution is 0.826. The van der Waals surface area contributed by atoms with Gasteiger partial charge in [0.1, 0.15) is 5.82 Å². The molecule has 0 N–H and O–H groups in total. The Morgan fingerprint density at radius 2 is 1.94 bits per heavy atom. The molecule has 0 bridgehead atoms. The van der Waals surface area contributed by atoms with E-state index in [1.54, 1.807) is 18.5 Å². The fourth-order valence-electron chi connectivity index (χ4n) is 1.43. The summed E-state index contributed by atoms with van der Waals surface area (Å²) in [5.41, 5.74) is 1.17. The highest BCUT2D eigenvalue weighted by Crippen LogP contribution is 2.23. The van der Waals surface area contributed by atoms with E-state index in [9.17, 15) is 0 Å². The van der Waals surface area contributed by atoms with Crippen LogP contribution in [0.5, 0.6) is 0 Å². The van der Waals surface area contributed by atoms with Crippen LogP contribution >= 0.6 is 27.5 Å². The molecule has 0 saturated heterocycles. The van der Waals surface area contributed by atoms with E-state index in [2.05, 4.69) is 32.0 Å². The fourth-order valence-corrected chi connectivity index (χ4v) is 2.17. The highest BCUT2D eigenvalue weighted by molar-refractivity contribution is 9.10. The topological polar surface area (TPSA) is 25.8 Å². The van der Waals surface area contributed by atoms with Crippen molar-refractivity contribution in [2.75, 3.05) is 0 Å². The minimum Gasteiger partial charge on any atom is -0.240 e. The Balaban J connectivity index is 2.11. The summed E-state index contributed by atoms with van der Waals surface area (Å²) in [5.74, 6) is 0.671. The molecule has 0 fully saturated rings. The van der Waals surface area contributed by atoms with E-state index in [0.717, 1.165) is 10.9 Å². The van der Waals surface area contributed by atoms with Crippen LogP contribution in [0.1, 0.15) is 16.8 Å². The number of benzene rings is 1. The lowest BCUT2D eigenvalue weighted by atomic mass is 10.1. The van der Waals surface area contributed by atoms with Crippen molar-refractivity contribution < 1.29 is 0 Å². The largest absolute Gasteiger partial charge is 0.240 e. The smallest absolute Gasteiger partial charge is 0.146 e. The Hall–Kier alpha value is -0.930. The fraction of sp³-hybridized carbons (Fsp3) is 0.167. The Labute approximate surface area is 108 Å². The number of hydrogen-bond donors (Lipinski definition) is 0. The molecule has 16 heavy (non-hydrogen) atoms. The zero-order chi connectivity index (χ0) is 11.4. The van der Waals surface area contributed by atoms with Gasteiger partial charge in [-0.25, -0.2) is 9.97 Å². The molecule has 1 atom stereocenters. The van der Waals surface area contributed by atoms with Crippen molar-refractivity contribution in [3.63, 3.8) is 0 Å². The predicted molar refractivity (Wildman–Crippen MR) is 68.5 cm³/mol. The molecule has 2 nitrogen and oxygen atoms in total. The number of aromatic nitrogens is 2. The average Bonchev–Trinajstić information content (AvgIpc) is 2.30. The van der Waals surface area contributed by atoms with Gasteiger partial charge in [-0.15, -0.1) is 11.6 Å². The van der Waals surface area contributed by atoms with Gasteiger partial charge in [-0.05, 0) is 30.2 Å². The molecule has 0 aliphatic carbocycles. The molecule has 1 heterocycles.